The first-order valence-electron chi connectivity index (χ1n) is 6.52. The van der Waals surface area contributed by atoms with Crippen LogP contribution in [0.3, 0.4) is 0 Å². The van der Waals surface area contributed by atoms with Crippen molar-refractivity contribution < 1.29 is 19.1 Å². The molecule has 0 bridgehead atoms. The maximum atomic E-state index is 11.7. The van der Waals surface area contributed by atoms with Gasteiger partial charge in [-0.25, -0.2) is 4.79 Å². The zero-order chi connectivity index (χ0) is 16.0. The Balaban J connectivity index is 2.51. The second kappa shape index (κ2) is 7.47. The van der Waals surface area contributed by atoms with Crippen molar-refractivity contribution in [1.82, 2.24) is 0 Å². The highest BCUT2D eigenvalue weighted by atomic mass is 32.2. The Hall–Kier alpha value is -1.53. The van der Waals surface area contributed by atoms with Crippen LogP contribution in [0.15, 0.2) is 29.2 Å². The fourth-order valence-electron chi connectivity index (χ4n) is 1.44. The van der Waals surface area contributed by atoms with Gasteiger partial charge in [0, 0.05) is 10.6 Å². The van der Waals surface area contributed by atoms with Crippen LogP contribution in [0.2, 0.25) is 0 Å². The summed E-state index contributed by atoms with van der Waals surface area (Å²) in [6, 6.07) is 6.24. The van der Waals surface area contributed by atoms with Gasteiger partial charge in [0.05, 0.1) is 12.7 Å². The minimum atomic E-state index is -0.686. The van der Waals surface area contributed by atoms with E-state index >= 15 is 0 Å². The molecule has 0 saturated heterocycles. The third kappa shape index (κ3) is 6.18. The standard InChI is InChI=1S/C15H21NO4S/c1-15(2,3)20-14(18)12(16)9-21-11-7-5-10(6-8-11)13(17)19-4/h5-8,12H,9,16H2,1-4H3. The number of carbonyl (C=O) groups is 2. The molecule has 6 heteroatoms. The van der Waals surface area contributed by atoms with Crippen molar-refractivity contribution in [1.29, 1.82) is 0 Å². The maximum absolute atomic E-state index is 11.7. The second-order valence-corrected chi connectivity index (χ2v) is 6.56. The lowest BCUT2D eigenvalue weighted by Gasteiger charge is -2.22. The zero-order valence-corrected chi connectivity index (χ0v) is 13.5. The fourth-order valence-corrected chi connectivity index (χ4v) is 2.27. The first kappa shape index (κ1) is 17.5. The van der Waals surface area contributed by atoms with Gasteiger partial charge in [-0.05, 0) is 45.0 Å². The normalized spacial score (nSPS) is 12.6. The lowest BCUT2D eigenvalue weighted by molar-refractivity contribution is -0.155. The molecule has 2 N–H and O–H groups in total. The Labute approximate surface area is 129 Å². The SMILES string of the molecule is COC(=O)c1ccc(SCC(N)C(=O)OC(C)(C)C)cc1. The molecule has 0 aliphatic carbocycles. The van der Waals surface area contributed by atoms with Crippen molar-refractivity contribution in [3.05, 3.63) is 29.8 Å². The van der Waals surface area contributed by atoms with Crippen LogP contribution >= 0.6 is 11.8 Å². The molecule has 1 unspecified atom stereocenters. The smallest absolute Gasteiger partial charge is 0.337 e. The molecule has 0 aromatic heterocycles. The number of esters is 2. The van der Waals surface area contributed by atoms with Crippen LogP contribution in [-0.4, -0.2) is 36.4 Å². The van der Waals surface area contributed by atoms with Crippen molar-refractivity contribution in [3.63, 3.8) is 0 Å². The van der Waals surface area contributed by atoms with Gasteiger partial charge in [0.15, 0.2) is 0 Å². The molecule has 0 amide bonds. The summed E-state index contributed by atoms with van der Waals surface area (Å²) in [6.07, 6.45) is 0. The van der Waals surface area contributed by atoms with E-state index < -0.39 is 17.6 Å². The van der Waals surface area contributed by atoms with Crippen LogP contribution in [-0.2, 0) is 14.3 Å². The molecule has 116 valence electrons. The minimum Gasteiger partial charge on any atom is -0.465 e. The Bertz CT molecular complexity index is 493. The number of rotatable bonds is 5. The van der Waals surface area contributed by atoms with Crippen LogP contribution in [0.5, 0.6) is 0 Å². The van der Waals surface area contributed by atoms with Crippen molar-refractivity contribution in [2.75, 3.05) is 12.9 Å². The molecule has 0 radical (unpaired) electrons. The first-order chi connectivity index (χ1) is 9.73. The maximum Gasteiger partial charge on any atom is 0.337 e. The highest BCUT2D eigenvalue weighted by molar-refractivity contribution is 7.99. The summed E-state index contributed by atoms with van der Waals surface area (Å²) in [5.74, 6) is -0.384. The highest BCUT2D eigenvalue weighted by Gasteiger charge is 2.22. The van der Waals surface area contributed by atoms with Gasteiger partial charge in [0.1, 0.15) is 11.6 Å². The number of hydrogen-bond acceptors (Lipinski definition) is 6. The summed E-state index contributed by atoms with van der Waals surface area (Å²) in [7, 11) is 1.34. The minimum absolute atomic E-state index is 0.378. The quantitative estimate of drug-likeness (QED) is 0.663. The van der Waals surface area contributed by atoms with Gasteiger partial charge in [-0.2, -0.15) is 0 Å². The van der Waals surface area contributed by atoms with E-state index in [0.29, 0.717) is 11.3 Å². The van der Waals surface area contributed by atoms with E-state index in [9.17, 15) is 9.59 Å². The van der Waals surface area contributed by atoms with Crippen molar-refractivity contribution >= 4 is 23.7 Å². The van der Waals surface area contributed by atoms with Gasteiger partial charge >= 0.3 is 11.9 Å². The average Bonchev–Trinajstić information content (AvgIpc) is 2.42. The van der Waals surface area contributed by atoms with E-state index in [1.807, 2.05) is 0 Å². The highest BCUT2D eigenvalue weighted by Crippen LogP contribution is 2.20. The predicted octanol–water partition coefficient (Wildman–Crippen LogP) is 2.23. The van der Waals surface area contributed by atoms with E-state index in [0.717, 1.165) is 4.90 Å². The molecule has 0 heterocycles. The van der Waals surface area contributed by atoms with E-state index in [-0.39, 0.29) is 5.97 Å². The average molecular weight is 311 g/mol. The molecule has 0 saturated carbocycles. The number of hydrogen-bond donors (Lipinski definition) is 1. The molecule has 0 aliphatic rings. The molecular weight excluding hydrogens is 290 g/mol. The molecule has 1 atom stereocenters. The molecule has 1 rings (SSSR count). The summed E-state index contributed by atoms with van der Waals surface area (Å²) < 4.78 is 9.84. The third-order valence-corrected chi connectivity index (χ3v) is 3.55. The van der Waals surface area contributed by atoms with Crippen molar-refractivity contribution in [3.8, 4) is 0 Å². The third-order valence-electron chi connectivity index (χ3n) is 2.41. The van der Waals surface area contributed by atoms with E-state index in [4.69, 9.17) is 10.5 Å². The van der Waals surface area contributed by atoms with Crippen LogP contribution in [0, 0.1) is 0 Å². The second-order valence-electron chi connectivity index (χ2n) is 5.47. The summed E-state index contributed by atoms with van der Waals surface area (Å²) in [5, 5.41) is 0. The molecule has 0 fully saturated rings. The van der Waals surface area contributed by atoms with E-state index in [1.54, 1.807) is 45.0 Å². The first-order valence-corrected chi connectivity index (χ1v) is 7.51. The summed E-state index contributed by atoms with van der Waals surface area (Å²) in [6.45, 7) is 5.41. The Morgan fingerprint density at radius 3 is 2.29 bits per heavy atom. The fraction of sp³-hybridized carbons (Fsp3) is 0.467. The topological polar surface area (TPSA) is 78.6 Å². The van der Waals surface area contributed by atoms with Gasteiger partial charge in [-0.1, -0.05) is 0 Å². The Morgan fingerprint density at radius 2 is 1.81 bits per heavy atom. The summed E-state index contributed by atoms with van der Waals surface area (Å²) in [4.78, 5) is 24.0. The van der Waals surface area contributed by atoms with Gasteiger partial charge < -0.3 is 15.2 Å². The number of methoxy groups -OCH3 is 1. The van der Waals surface area contributed by atoms with Crippen LogP contribution in [0.1, 0.15) is 31.1 Å². The molecular formula is C15H21NO4S. The molecule has 1 aromatic carbocycles. The van der Waals surface area contributed by atoms with Gasteiger partial charge in [-0.15, -0.1) is 11.8 Å². The summed E-state index contributed by atoms with van der Waals surface area (Å²) in [5.41, 5.74) is 5.75. The molecule has 21 heavy (non-hydrogen) atoms. The summed E-state index contributed by atoms with van der Waals surface area (Å²) >= 11 is 1.43. The number of thioether (sulfide) groups is 1. The lowest BCUT2D eigenvalue weighted by atomic mass is 10.2. The molecule has 0 spiro atoms. The predicted molar refractivity (Wildman–Crippen MR) is 82.3 cm³/mol. The molecule has 1 aromatic rings. The number of nitrogens with two attached hydrogens (primary N) is 1. The largest absolute Gasteiger partial charge is 0.465 e. The number of carbonyl (C=O) groups excluding carboxylic acids is 2. The lowest BCUT2D eigenvalue weighted by Crippen LogP contribution is -2.39. The van der Waals surface area contributed by atoms with Crippen LogP contribution in [0.4, 0.5) is 0 Å². The Morgan fingerprint density at radius 1 is 1.24 bits per heavy atom. The zero-order valence-electron chi connectivity index (χ0n) is 12.7. The Kier molecular flexibility index (Phi) is 6.23. The van der Waals surface area contributed by atoms with Crippen molar-refractivity contribution in [2.45, 2.75) is 37.3 Å². The molecule has 5 nitrogen and oxygen atoms in total. The van der Waals surface area contributed by atoms with Gasteiger partial charge in [-0.3, -0.25) is 4.79 Å². The van der Waals surface area contributed by atoms with Gasteiger partial charge in [0.2, 0.25) is 0 Å². The monoisotopic (exact) mass is 311 g/mol. The number of benzene rings is 1. The number of ether oxygens (including phenoxy) is 2. The molecule has 0 aliphatic heterocycles. The van der Waals surface area contributed by atoms with E-state index in [1.165, 1.54) is 18.9 Å². The van der Waals surface area contributed by atoms with Crippen LogP contribution in [0.25, 0.3) is 0 Å². The van der Waals surface area contributed by atoms with Crippen LogP contribution < -0.4 is 5.73 Å². The van der Waals surface area contributed by atoms with Crippen molar-refractivity contribution in [2.24, 2.45) is 5.73 Å². The van der Waals surface area contributed by atoms with Gasteiger partial charge in [0.25, 0.3) is 0 Å². The van der Waals surface area contributed by atoms with E-state index in [2.05, 4.69) is 4.74 Å².